The molecule has 1 aromatic heterocycles. The van der Waals surface area contributed by atoms with Crippen molar-refractivity contribution in [2.45, 2.75) is 50.2 Å². The highest BCUT2D eigenvalue weighted by Gasteiger charge is 2.40. The molecule has 3 N–H and O–H groups in total. The molecule has 1 aromatic carbocycles. The third-order valence-electron chi connectivity index (χ3n) is 5.71. The molecular weight excluding hydrogens is 456 g/mol. The Bertz CT molecular complexity index is 969. The van der Waals surface area contributed by atoms with E-state index in [0.717, 1.165) is 37.6 Å². The average Bonchev–Trinajstić information content (AvgIpc) is 2.80. The molecule has 1 atom stereocenters. The van der Waals surface area contributed by atoms with Gasteiger partial charge in [-0.25, -0.2) is 13.8 Å². The summed E-state index contributed by atoms with van der Waals surface area (Å²) in [5.41, 5.74) is -0.786. The van der Waals surface area contributed by atoms with E-state index in [1.165, 1.54) is 18.2 Å². The number of amides is 2. The van der Waals surface area contributed by atoms with Gasteiger partial charge >= 0.3 is 0 Å². The SMILES string of the molecule is O=C(COc1ccc(Cl)c(F)c1)NCCC(O)C1(NC(=O)c2ccc(F)cn2)CCCCC1. The fraction of sp³-hybridized carbons (Fsp3) is 0.435. The largest absolute Gasteiger partial charge is 0.484 e. The molecule has 1 unspecified atom stereocenters. The maximum absolute atomic E-state index is 13.4. The zero-order valence-electron chi connectivity index (χ0n) is 18.0. The van der Waals surface area contributed by atoms with Gasteiger partial charge in [-0.15, -0.1) is 0 Å². The normalized spacial score (nSPS) is 16.0. The lowest BCUT2D eigenvalue weighted by atomic mass is 9.76. The maximum atomic E-state index is 13.4. The number of halogens is 3. The Hall–Kier alpha value is -2.78. The van der Waals surface area contributed by atoms with Crippen LogP contribution in [0.25, 0.3) is 0 Å². The molecule has 3 rings (SSSR count). The second-order valence-electron chi connectivity index (χ2n) is 8.05. The van der Waals surface area contributed by atoms with Gasteiger partial charge in [0, 0.05) is 12.6 Å². The van der Waals surface area contributed by atoms with E-state index in [9.17, 15) is 23.5 Å². The van der Waals surface area contributed by atoms with Gasteiger partial charge in [0.05, 0.1) is 22.9 Å². The topological polar surface area (TPSA) is 101 Å². The van der Waals surface area contributed by atoms with Crippen LogP contribution >= 0.6 is 11.6 Å². The minimum Gasteiger partial charge on any atom is -0.484 e. The molecule has 1 saturated carbocycles. The molecule has 178 valence electrons. The fourth-order valence-electron chi connectivity index (χ4n) is 3.92. The first-order chi connectivity index (χ1) is 15.8. The summed E-state index contributed by atoms with van der Waals surface area (Å²) in [5.74, 6) is -1.93. The first-order valence-electron chi connectivity index (χ1n) is 10.8. The Balaban J connectivity index is 1.51. The molecule has 0 saturated heterocycles. The van der Waals surface area contributed by atoms with Gasteiger partial charge in [-0.1, -0.05) is 30.9 Å². The third kappa shape index (κ3) is 6.85. The Kier molecular flexibility index (Phi) is 8.57. The zero-order chi connectivity index (χ0) is 23.8. The quantitative estimate of drug-likeness (QED) is 0.509. The molecule has 33 heavy (non-hydrogen) atoms. The molecule has 1 aliphatic carbocycles. The predicted molar refractivity (Wildman–Crippen MR) is 118 cm³/mol. The Morgan fingerprint density at radius 2 is 1.94 bits per heavy atom. The number of hydrogen-bond donors (Lipinski definition) is 3. The van der Waals surface area contributed by atoms with Crippen molar-refractivity contribution >= 4 is 23.4 Å². The number of ether oxygens (including phenoxy) is 1. The number of carbonyl (C=O) groups excluding carboxylic acids is 2. The molecule has 1 fully saturated rings. The van der Waals surface area contributed by atoms with Crippen molar-refractivity contribution in [3.8, 4) is 5.75 Å². The first-order valence-corrected chi connectivity index (χ1v) is 11.1. The van der Waals surface area contributed by atoms with Crippen LogP contribution in [0.1, 0.15) is 49.0 Å². The van der Waals surface area contributed by atoms with Crippen LogP contribution in [0.2, 0.25) is 5.02 Å². The summed E-state index contributed by atoms with van der Waals surface area (Å²) in [7, 11) is 0. The van der Waals surface area contributed by atoms with Crippen LogP contribution in [0.4, 0.5) is 8.78 Å². The average molecular weight is 482 g/mol. The number of nitrogens with zero attached hydrogens (tertiary/aromatic N) is 1. The molecule has 2 aromatic rings. The molecule has 2 amide bonds. The van der Waals surface area contributed by atoms with Gasteiger partial charge in [0.25, 0.3) is 11.8 Å². The minimum atomic E-state index is -0.909. The van der Waals surface area contributed by atoms with E-state index in [1.54, 1.807) is 0 Å². The summed E-state index contributed by atoms with van der Waals surface area (Å²) in [6.07, 6.45) is 4.11. The third-order valence-corrected chi connectivity index (χ3v) is 6.01. The number of pyridine rings is 1. The van der Waals surface area contributed by atoms with E-state index in [-0.39, 0.29) is 36.0 Å². The van der Waals surface area contributed by atoms with Gasteiger partial charge in [0.2, 0.25) is 0 Å². The van der Waals surface area contributed by atoms with Gasteiger partial charge in [0.1, 0.15) is 23.1 Å². The number of aliphatic hydroxyl groups is 1. The lowest BCUT2D eigenvalue weighted by molar-refractivity contribution is -0.123. The highest BCUT2D eigenvalue weighted by Crippen LogP contribution is 2.32. The Morgan fingerprint density at radius 3 is 2.61 bits per heavy atom. The number of benzene rings is 1. The second kappa shape index (κ2) is 11.4. The number of aromatic nitrogens is 1. The standard InChI is InChI=1S/C23H26ClF2N3O4/c24-17-6-5-16(12-18(17)26)33-14-21(31)27-11-8-20(30)23(9-2-1-3-10-23)29-22(32)19-7-4-15(25)13-28-19/h4-7,12-13,20,30H,1-3,8-11,14H2,(H,27,31)(H,29,32). The predicted octanol–water partition coefficient (Wildman–Crippen LogP) is 3.39. The molecule has 10 heteroatoms. The number of aliphatic hydroxyl groups excluding tert-OH is 1. The van der Waals surface area contributed by atoms with Crippen molar-refractivity contribution in [3.63, 3.8) is 0 Å². The summed E-state index contributed by atoms with van der Waals surface area (Å²) in [6, 6.07) is 6.32. The van der Waals surface area contributed by atoms with Gasteiger partial charge < -0.3 is 20.5 Å². The van der Waals surface area contributed by atoms with Crippen molar-refractivity contribution in [1.29, 1.82) is 0 Å². The highest BCUT2D eigenvalue weighted by molar-refractivity contribution is 6.30. The van der Waals surface area contributed by atoms with Crippen LogP contribution in [0.15, 0.2) is 36.5 Å². The van der Waals surface area contributed by atoms with Crippen molar-refractivity contribution in [3.05, 3.63) is 58.9 Å². The second-order valence-corrected chi connectivity index (χ2v) is 8.46. The van der Waals surface area contributed by atoms with Gasteiger partial charge in [-0.05, 0) is 43.5 Å². The zero-order valence-corrected chi connectivity index (χ0v) is 18.7. The maximum Gasteiger partial charge on any atom is 0.270 e. The molecule has 0 aliphatic heterocycles. The summed E-state index contributed by atoms with van der Waals surface area (Å²) in [6.45, 7) is -0.167. The number of rotatable bonds is 9. The molecular formula is C23H26ClF2N3O4. The van der Waals surface area contributed by atoms with Crippen molar-refractivity contribution in [2.24, 2.45) is 0 Å². The number of hydrogen-bond acceptors (Lipinski definition) is 5. The van der Waals surface area contributed by atoms with Crippen LogP contribution in [0, 0.1) is 11.6 Å². The number of nitrogens with one attached hydrogen (secondary N) is 2. The van der Waals surface area contributed by atoms with E-state index in [2.05, 4.69) is 15.6 Å². The molecule has 7 nitrogen and oxygen atoms in total. The number of carbonyl (C=O) groups is 2. The van der Waals surface area contributed by atoms with Crippen LogP contribution in [0.3, 0.4) is 0 Å². The smallest absolute Gasteiger partial charge is 0.270 e. The first kappa shape index (κ1) is 24.9. The van der Waals surface area contributed by atoms with Crippen molar-refractivity contribution in [1.82, 2.24) is 15.6 Å². The van der Waals surface area contributed by atoms with E-state index in [0.29, 0.717) is 12.8 Å². The van der Waals surface area contributed by atoms with E-state index in [1.807, 2.05) is 0 Å². The van der Waals surface area contributed by atoms with Gasteiger partial charge in [-0.2, -0.15) is 0 Å². The van der Waals surface area contributed by atoms with Crippen LogP contribution in [0.5, 0.6) is 5.75 Å². The van der Waals surface area contributed by atoms with Crippen LogP contribution in [-0.4, -0.2) is 46.7 Å². The molecule has 0 spiro atoms. The summed E-state index contributed by atoms with van der Waals surface area (Å²) in [4.78, 5) is 28.5. The van der Waals surface area contributed by atoms with E-state index >= 15 is 0 Å². The monoisotopic (exact) mass is 481 g/mol. The fourth-order valence-corrected chi connectivity index (χ4v) is 4.03. The van der Waals surface area contributed by atoms with E-state index in [4.69, 9.17) is 16.3 Å². The van der Waals surface area contributed by atoms with Gasteiger partial charge in [0.15, 0.2) is 6.61 Å². The van der Waals surface area contributed by atoms with Crippen LogP contribution in [-0.2, 0) is 4.79 Å². The summed E-state index contributed by atoms with van der Waals surface area (Å²) < 4.78 is 31.8. The van der Waals surface area contributed by atoms with E-state index < -0.39 is 35.1 Å². The molecule has 0 bridgehead atoms. The van der Waals surface area contributed by atoms with Gasteiger partial charge in [-0.3, -0.25) is 9.59 Å². The molecule has 0 radical (unpaired) electrons. The Labute approximate surface area is 195 Å². The minimum absolute atomic E-state index is 0.0419. The Morgan fingerprint density at radius 1 is 1.18 bits per heavy atom. The van der Waals surface area contributed by atoms with Crippen molar-refractivity contribution in [2.75, 3.05) is 13.2 Å². The lowest BCUT2D eigenvalue weighted by Gasteiger charge is -2.42. The summed E-state index contributed by atoms with van der Waals surface area (Å²) >= 11 is 5.61. The summed E-state index contributed by atoms with van der Waals surface area (Å²) in [5, 5.41) is 16.4. The highest BCUT2D eigenvalue weighted by atomic mass is 35.5. The van der Waals surface area contributed by atoms with Crippen molar-refractivity contribution < 1.29 is 28.2 Å². The molecule has 1 heterocycles. The lowest BCUT2D eigenvalue weighted by Crippen LogP contribution is -2.58. The van der Waals surface area contributed by atoms with Crippen LogP contribution < -0.4 is 15.4 Å². The molecule has 1 aliphatic rings.